The lowest BCUT2D eigenvalue weighted by atomic mass is 9.92. The standard InChI is InChI=1S/C9H23N3/c1-9(2,3)4-5-12-7-8(11)6-10/h8,12H,4-7,10-11H2,1-3H3. The van der Waals surface area contributed by atoms with Crippen molar-refractivity contribution >= 4 is 0 Å². The van der Waals surface area contributed by atoms with Crippen molar-refractivity contribution in [1.29, 1.82) is 0 Å². The maximum absolute atomic E-state index is 5.64. The monoisotopic (exact) mass is 173 g/mol. The molecule has 0 radical (unpaired) electrons. The summed E-state index contributed by atoms with van der Waals surface area (Å²) in [4.78, 5) is 0. The van der Waals surface area contributed by atoms with E-state index in [1.54, 1.807) is 0 Å². The van der Waals surface area contributed by atoms with Gasteiger partial charge >= 0.3 is 0 Å². The molecule has 0 aliphatic heterocycles. The van der Waals surface area contributed by atoms with Gasteiger partial charge < -0.3 is 16.8 Å². The second-order valence-corrected chi connectivity index (χ2v) is 4.51. The molecular formula is C9H23N3. The Kier molecular flexibility index (Phi) is 5.46. The average Bonchev–Trinajstić information content (AvgIpc) is 1.96. The minimum absolute atomic E-state index is 0.102. The predicted molar refractivity (Wildman–Crippen MR) is 54.0 cm³/mol. The highest BCUT2D eigenvalue weighted by Gasteiger charge is 2.08. The van der Waals surface area contributed by atoms with Crippen LogP contribution in [0.1, 0.15) is 27.2 Å². The SMILES string of the molecule is CC(C)(C)CCNCC(N)CN. The van der Waals surface area contributed by atoms with E-state index in [4.69, 9.17) is 11.5 Å². The highest BCUT2D eigenvalue weighted by molar-refractivity contribution is 4.67. The number of nitrogens with one attached hydrogen (secondary N) is 1. The molecule has 0 bridgehead atoms. The highest BCUT2D eigenvalue weighted by Crippen LogP contribution is 2.16. The van der Waals surface area contributed by atoms with E-state index in [0.29, 0.717) is 12.0 Å². The molecule has 0 aromatic heterocycles. The van der Waals surface area contributed by atoms with Crippen molar-refractivity contribution in [3.8, 4) is 0 Å². The van der Waals surface area contributed by atoms with Gasteiger partial charge in [-0.1, -0.05) is 20.8 Å². The van der Waals surface area contributed by atoms with Crippen molar-refractivity contribution in [3.63, 3.8) is 0 Å². The summed E-state index contributed by atoms with van der Waals surface area (Å²) in [7, 11) is 0. The molecule has 3 nitrogen and oxygen atoms in total. The number of rotatable bonds is 5. The summed E-state index contributed by atoms with van der Waals surface area (Å²) in [6.45, 7) is 9.11. The summed E-state index contributed by atoms with van der Waals surface area (Å²) in [5, 5.41) is 3.29. The van der Waals surface area contributed by atoms with Gasteiger partial charge in [-0.15, -0.1) is 0 Å². The number of nitrogens with two attached hydrogens (primary N) is 2. The van der Waals surface area contributed by atoms with E-state index in [9.17, 15) is 0 Å². The molecule has 3 heteroatoms. The van der Waals surface area contributed by atoms with Gasteiger partial charge in [-0.05, 0) is 18.4 Å². The average molecular weight is 173 g/mol. The molecule has 1 atom stereocenters. The fourth-order valence-corrected chi connectivity index (χ4v) is 0.834. The number of hydrogen-bond donors (Lipinski definition) is 3. The van der Waals surface area contributed by atoms with Gasteiger partial charge in [0.05, 0.1) is 0 Å². The molecule has 0 aromatic carbocycles. The normalized spacial score (nSPS) is 14.8. The Bertz CT molecular complexity index is 107. The van der Waals surface area contributed by atoms with E-state index >= 15 is 0 Å². The van der Waals surface area contributed by atoms with Crippen molar-refractivity contribution in [3.05, 3.63) is 0 Å². The zero-order valence-electron chi connectivity index (χ0n) is 8.56. The molecule has 0 fully saturated rings. The fourth-order valence-electron chi connectivity index (χ4n) is 0.834. The number of hydrogen-bond acceptors (Lipinski definition) is 3. The van der Waals surface area contributed by atoms with Gasteiger partial charge in [0.15, 0.2) is 0 Å². The van der Waals surface area contributed by atoms with Crippen LogP contribution in [-0.4, -0.2) is 25.7 Å². The first-order chi connectivity index (χ1) is 5.45. The molecule has 0 spiro atoms. The first-order valence-corrected chi connectivity index (χ1v) is 4.62. The molecule has 0 heterocycles. The second-order valence-electron chi connectivity index (χ2n) is 4.51. The summed E-state index contributed by atoms with van der Waals surface area (Å²) in [6.07, 6.45) is 1.17. The summed E-state index contributed by atoms with van der Waals surface area (Å²) in [5.74, 6) is 0. The third kappa shape index (κ3) is 7.98. The Labute approximate surface area is 75.9 Å². The Morgan fingerprint density at radius 3 is 2.33 bits per heavy atom. The van der Waals surface area contributed by atoms with Gasteiger partial charge in [-0.25, -0.2) is 0 Å². The predicted octanol–water partition coefficient (Wildman–Crippen LogP) is 0.298. The van der Waals surface area contributed by atoms with Crippen molar-refractivity contribution < 1.29 is 0 Å². The van der Waals surface area contributed by atoms with Crippen LogP contribution in [0.15, 0.2) is 0 Å². The van der Waals surface area contributed by atoms with Crippen LogP contribution in [0.4, 0.5) is 0 Å². The van der Waals surface area contributed by atoms with Crippen LogP contribution < -0.4 is 16.8 Å². The minimum atomic E-state index is 0.102. The van der Waals surface area contributed by atoms with Gasteiger partial charge in [0.1, 0.15) is 0 Å². The van der Waals surface area contributed by atoms with E-state index in [2.05, 4.69) is 26.1 Å². The van der Waals surface area contributed by atoms with Gasteiger partial charge in [0, 0.05) is 19.1 Å². The molecule has 0 aliphatic carbocycles. The molecule has 74 valence electrons. The van der Waals surface area contributed by atoms with Crippen LogP contribution >= 0.6 is 0 Å². The summed E-state index contributed by atoms with van der Waals surface area (Å²) >= 11 is 0. The van der Waals surface area contributed by atoms with Gasteiger partial charge in [0.2, 0.25) is 0 Å². The lowest BCUT2D eigenvalue weighted by Gasteiger charge is -2.18. The minimum Gasteiger partial charge on any atom is -0.329 e. The molecule has 0 saturated carbocycles. The molecule has 0 saturated heterocycles. The summed E-state index contributed by atoms with van der Waals surface area (Å²) < 4.78 is 0. The maximum Gasteiger partial charge on any atom is 0.0290 e. The lowest BCUT2D eigenvalue weighted by Crippen LogP contribution is -2.40. The lowest BCUT2D eigenvalue weighted by molar-refractivity contribution is 0.364. The smallest absolute Gasteiger partial charge is 0.0290 e. The summed E-state index contributed by atoms with van der Waals surface area (Å²) in [6, 6.07) is 0.102. The van der Waals surface area contributed by atoms with E-state index in [1.807, 2.05) is 0 Å². The molecule has 0 aliphatic rings. The van der Waals surface area contributed by atoms with E-state index in [-0.39, 0.29) is 6.04 Å². The summed E-state index contributed by atoms with van der Waals surface area (Å²) in [5.41, 5.74) is 11.4. The van der Waals surface area contributed by atoms with E-state index in [0.717, 1.165) is 13.1 Å². The Morgan fingerprint density at radius 2 is 1.92 bits per heavy atom. The third-order valence-electron chi connectivity index (χ3n) is 1.76. The van der Waals surface area contributed by atoms with Crippen molar-refractivity contribution in [2.45, 2.75) is 33.2 Å². The van der Waals surface area contributed by atoms with Gasteiger partial charge in [-0.3, -0.25) is 0 Å². The van der Waals surface area contributed by atoms with Crippen LogP contribution in [0.3, 0.4) is 0 Å². The van der Waals surface area contributed by atoms with Gasteiger partial charge in [-0.2, -0.15) is 0 Å². The van der Waals surface area contributed by atoms with E-state index in [1.165, 1.54) is 6.42 Å². The molecule has 0 rings (SSSR count). The largest absolute Gasteiger partial charge is 0.329 e. The van der Waals surface area contributed by atoms with Crippen LogP contribution in [-0.2, 0) is 0 Å². The van der Waals surface area contributed by atoms with Gasteiger partial charge in [0.25, 0.3) is 0 Å². The zero-order chi connectivity index (χ0) is 9.61. The molecule has 1 unspecified atom stereocenters. The molecule has 0 aromatic rings. The quantitative estimate of drug-likeness (QED) is 0.524. The molecule has 5 N–H and O–H groups in total. The highest BCUT2D eigenvalue weighted by atomic mass is 14.9. The first kappa shape index (κ1) is 11.9. The third-order valence-corrected chi connectivity index (χ3v) is 1.76. The van der Waals surface area contributed by atoms with Crippen molar-refractivity contribution in [2.24, 2.45) is 16.9 Å². The van der Waals surface area contributed by atoms with Crippen molar-refractivity contribution in [1.82, 2.24) is 5.32 Å². The Morgan fingerprint density at radius 1 is 1.33 bits per heavy atom. The molecule has 0 amide bonds. The van der Waals surface area contributed by atoms with E-state index < -0.39 is 0 Å². The zero-order valence-corrected chi connectivity index (χ0v) is 8.56. The second kappa shape index (κ2) is 5.51. The Balaban J connectivity index is 3.22. The van der Waals surface area contributed by atoms with Crippen LogP contribution in [0.5, 0.6) is 0 Å². The topological polar surface area (TPSA) is 64.1 Å². The van der Waals surface area contributed by atoms with Crippen LogP contribution in [0, 0.1) is 5.41 Å². The molecular weight excluding hydrogens is 150 g/mol. The van der Waals surface area contributed by atoms with Crippen LogP contribution in [0.25, 0.3) is 0 Å². The first-order valence-electron chi connectivity index (χ1n) is 4.62. The maximum atomic E-state index is 5.64. The van der Waals surface area contributed by atoms with Crippen molar-refractivity contribution in [2.75, 3.05) is 19.6 Å². The Hall–Kier alpha value is -0.120. The molecule has 12 heavy (non-hydrogen) atoms. The van der Waals surface area contributed by atoms with Crippen LogP contribution in [0.2, 0.25) is 0 Å². The fraction of sp³-hybridized carbons (Fsp3) is 1.00.